The van der Waals surface area contributed by atoms with Gasteiger partial charge in [0.2, 0.25) is 0 Å². The van der Waals surface area contributed by atoms with Crippen LogP contribution in [0.25, 0.3) is 0 Å². The topological polar surface area (TPSA) is 44.8 Å². The van der Waals surface area contributed by atoms with Gasteiger partial charge in [-0.1, -0.05) is 12.1 Å². The molecule has 0 spiro atoms. The number of ether oxygens (including phenoxy) is 1. The molecular formula is C16H25N3O2. The second kappa shape index (κ2) is 7.88. The Hall–Kier alpha value is -1.75. The first-order valence-corrected chi connectivity index (χ1v) is 7.57. The highest BCUT2D eigenvalue weighted by Gasteiger charge is 2.16. The molecule has 0 aliphatic carbocycles. The van der Waals surface area contributed by atoms with Crippen molar-refractivity contribution in [2.45, 2.75) is 19.3 Å². The van der Waals surface area contributed by atoms with Crippen molar-refractivity contribution in [1.82, 2.24) is 4.90 Å². The number of nitrogens with one attached hydrogen (secondary N) is 1. The van der Waals surface area contributed by atoms with Crippen molar-refractivity contribution in [3.05, 3.63) is 24.3 Å². The van der Waals surface area contributed by atoms with Crippen molar-refractivity contribution in [1.29, 1.82) is 0 Å². The molecule has 1 saturated heterocycles. The Kier molecular flexibility index (Phi) is 5.87. The van der Waals surface area contributed by atoms with Crippen LogP contribution in [0.2, 0.25) is 0 Å². The molecule has 1 aliphatic heterocycles. The van der Waals surface area contributed by atoms with E-state index in [4.69, 9.17) is 4.74 Å². The van der Waals surface area contributed by atoms with E-state index >= 15 is 0 Å². The average Bonchev–Trinajstić information content (AvgIpc) is 2.54. The van der Waals surface area contributed by atoms with Crippen LogP contribution >= 0.6 is 0 Å². The highest BCUT2D eigenvalue weighted by atomic mass is 16.5. The molecule has 5 nitrogen and oxygen atoms in total. The molecule has 0 radical (unpaired) electrons. The Morgan fingerprint density at radius 3 is 2.71 bits per heavy atom. The minimum atomic E-state index is -0.100. The van der Waals surface area contributed by atoms with Crippen LogP contribution in [0.1, 0.15) is 19.3 Å². The minimum Gasteiger partial charge on any atom is -0.383 e. The van der Waals surface area contributed by atoms with Gasteiger partial charge >= 0.3 is 6.03 Å². The Balaban J connectivity index is 2.03. The number of benzene rings is 1. The Bertz CT molecular complexity index is 459. The maximum Gasteiger partial charge on any atom is 0.321 e. The van der Waals surface area contributed by atoms with Crippen LogP contribution in [-0.4, -0.2) is 51.3 Å². The molecule has 2 rings (SSSR count). The quantitative estimate of drug-likeness (QED) is 0.907. The van der Waals surface area contributed by atoms with Crippen molar-refractivity contribution in [2.75, 3.05) is 50.6 Å². The SMILES string of the molecule is COCCN(C)C(=O)Nc1ccccc1N1CCCCC1. The molecule has 0 bridgehead atoms. The molecule has 1 aromatic carbocycles. The molecule has 2 amide bonds. The van der Waals surface area contributed by atoms with Crippen molar-refractivity contribution < 1.29 is 9.53 Å². The van der Waals surface area contributed by atoms with Gasteiger partial charge in [-0.15, -0.1) is 0 Å². The standard InChI is InChI=1S/C16H25N3O2/c1-18(12-13-21-2)16(20)17-14-8-4-5-9-15(14)19-10-6-3-7-11-19/h4-5,8-9H,3,6-7,10-13H2,1-2H3,(H,17,20). The van der Waals surface area contributed by atoms with Gasteiger partial charge in [-0.25, -0.2) is 4.79 Å². The number of amides is 2. The van der Waals surface area contributed by atoms with E-state index in [0.717, 1.165) is 24.5 Å². The first-order chi connectivity index (χ1) is 10.2. The number of carbonyl (C=O) groups excluding carboxylic acids is 1. The molecular weight excluding hydrogens is 266 g/mol. The second-order valence-electron chi connectivity index (χ2n) is 5.41. The summed E-state index contributed by atoms with van der Waals surface area (Å²) in [5.74, 6) is 0. The normalized spacial score (nSPS) is 14.9. The zero-order valence-corrected chi connectivity index (χ0v) is 13.0. The fourth-order valence-corrected chi connectivity index (χ4v) is 2.53. The third-order valence-corrected chi connectivity index (χ3v) is 3.82. The van der Waals surface area contributed by atoms with Crippen LogP contribution in [0.3, 0.4) is 0 Å². The lowest BCUT2D eigenvalue weighted by molar-refractivity contribution is 0.165. The summed E-state index contributed by atoms with van der Waals surface area (Å²) >= 11 is 0. The molecule has 1 aromatic rings. The van der Waals surface area contributed by atoms with E-state index < -0.39 is 0 Å². The number of piperidine rings is 1. The van der Waals surface area contributed by atoms with Crippen molar-refractivity contribution >= 4 is 17.4 Å². The van der Waals surface area contributed by atoms with Gasteiger partial charge in [0.15, 0.2) is 0 Å². The van der Waals surface area contributed by atoms with E-state index in [1.807, 2.05) is 18.2 Å². The number of carbonyl (C=O) groups is 1. The van der Waals surface area contributed by atoms with Crippen LogP contribution < -0.4 is 10.2 Å². The number of rotatable bonds is 5. The molecule has 1 fully saturated rings. The van der Waals surface area contributed by atoms with Gasteiger partial charge in [0, 0.05) is 33.8 Å². The maximum absolute atomic E-state index is 12.2. The van der Waals surface area contributed by atoms with Crippen LogP contribution in [0, 0.1) is 0 Å². The van der Waals surface area contributed by atoms with Gasteiger partial charge in [0.1, 0.15) is 0 Å². The molecule has 0 atom stereocenters. The lowest BCUT2D eigenvalue weighted by atomic mass is 10.1. The highest BCUT2D eigenvalue weighted by molar-refractivity contribution is 5.93. The number of para-hydroxylation sites is 2. The minimum absolute atomic E-state index is 0.100. The second-order valence-corrected chi connectivity index (χ2v) is 5.41. The number of hydrogen-bond donors (Lipinski definition) is 1. The van der Waals surface area contributed by atoms with Gasteiger partial charge in [-0.3, -0.25) is 0 Å². The summed E-state index contributed by atoms with van der Waals surface area (Å²) in [7, 11) is 3.41. The summed E-state index contributed by atoms with van der Waals surface area (Å²) in [5.41, 5.74) is 2.00. The predicted molar refractivity (Wildman–Crippen MR) is 86.0 cm³/mol. The van der Waals surface area contributed by atoms with Gasteiger partial charge in [-0.05, 0) is 31.4 Å². The fourth-order valence-electron chi connectivity index (χ4n) is 2.53. The summed E-state index contributed by atoms with van der Waals surface area (Å²) in [4.78, 5) is 16.2. The molecule has 116 valence electrons. The zero-order chi connectivity index (χ0) is 15.1. The lowest BCUT2D eigenvalue weighted by Gasteiger charge is -2.31. The number of methoxy groups -OCH3 is 1. The Labute approximate surface area is 126 Å². The molecule has 1 N–H and O–H groups in total. The first kappa shape index (κ1) is 15.6. The van der Waals surface area contributed by atoms with Crippen LogP contribution in [-0.2, 0) is 4.74 Å². The fraction of sp³-hybridized carbons (Fsp3) is 0.562. The Morgan fingerprint density at radius 1 is 1.29 bits per heavy atom. The van der Waals surface area contributed by atoms with Crippen molar-refractivity contribution in [3.63, 3.8) is 0 Å². The van der Waals surface area contributed by atoms with E-state index in [9.17, 15) is 4.79 Å². The molecule has 5 heteroatoms. The average molecular weight is 291 g/mol. The number of urea groups is 1. The van der Waals surface area contributed by atoms with E-state index in [1.165, 1.54) is 19.3 Å². The third kappa shape index (κ3) is 4.36. The third-order valence-electron chi connectivity index (χ3n) is 3.82. The number of hydrogen-bond acceptors (Lipinski definition) is 3. The Morgan fingerprint density at radius 2 is 2.00 bits per heavy atom. The molecule has 0 aromatic heterocycles. The first-order valence-electron chi connectivity index (χ1n) is 7.57. The molecule has 0 saturated carbocycles. The van der Waals surface area contributed by atoms with Gasteiger partial charge in [-0.2, -0.15) is 0 Å². The molecule has 1 aliphatic rings. The van der Waals surface area contributed by atoms with Crippen LogP contribution in [0.5, 0.6) is 0 Å². The summed E-state index contributed by atoms with van der Waals surface area (Å²) < 4.78 is 5.00. The largest absolute Gasteiger partial charge is 0.383 e. The van der Waals surface area contributed by atoms with E-state index in [0.29, 0.717) is 13.2 Å². The zero-order valence-electron chi connectivity index (χ0n) is 13.0. The smallest absolute Gasteiger partial charge is 0.321 e. The van der Waals surface area contributed by atoms with Crippen molar-refractivity contribution in [2.24, 2.45) is 0 Å². The lowest BCUT2D eigenvalue weighted by Crippen LogP contribution is -2.35. The maximum atomic E-state index is 12.2. The summed E-state index contributed by atoms with van der Waals surface area (Å²) in [6.45, 7) is 3.24. The monoisotopic (exact) mass is 291 g/mol. The van der Waals surface area contributed by atoms with Gasteiger partial charge in [0.25, 0.3) is 0 Å². The summed E-state index contributed by atoms with van der Waals surface area (Å²) in [6.07, 6.45) is 3.73. The van der Waals surface area contributed by atoms with Gasteiger partial charge < -0.3 is 19.9 Å². The number of nitrogens with zero attached hydrogens (tertiary/aromatic N) is 2. The van der Waals surface area contributed by atoms with Gasteiger partial charge in [0.05, 0.1) is 18.0 Å². The van der Waals surface area contributed by atoms with Crippen molar-refractivity contribution in [3.8, 4) is 0 Å². The van der Waals surface area contributed by atoms with E-state index in [1.54, 1.807) is 19.1 Å². The number of anilines is 2. The van der Waals surface area contributed by atoms with E-state index in [2.05, 4.69) is 16.3 Å². The summed E-state index contributed by atoms with van der Waals surface area (Å²) in [5, 5.41) is 3.01. The molecule has 1 heterocycles. The van der Waals surface area contributed by atoms with Crippen LogP contribution in [0.4, 0.5) is 16.2 Å². The molecule has 21 heavy (non-hydrogen) atoms. The number of likely N-dealkylation sites (N-methyl/N-ethyl adjacent to an activating group) is 1. The molecule has 0 unspecified atom stereocenters. The highest BCUT2D eigenvalue weighted by Crippen LogP contribution is 2.28. The van der Waals surface area contributed by atoms with Crippen LogP contribution in [0.15, 0.2) is 24.3 Å². The predicted octanol–water partition coefficient (Wildman–Crippen LogP) is 2.79. The van der Waals surface area contributed by atoms with E-state index in [-0.39, 0.29) is 6.03 Å². The summed E-state index contributed by atoms with van der Waals surface area (Å²) in [6, 6.07) is 7.92.